The number of para-hydroxylation sites is 1. The number of rotatable bonds is 7. The zero-order valence-electron chi connectivity index (χ0n) is 14.4. The highest BCUT2D eigenvalue weighted by molar-refractivity contribution is 6.09. The molecule has 25 heavy (non-hydrogen) atoms. The van der Waals surface area contributed by atoms with E-state index in [-0.39, 0.29) is 11.5 Å². The zero-order valence-corrected chi connectivity index (χ0v) is 14.4. The maximum atomic E-state index is 13.8. The van der Waals surface area contributed by atoms with Gasteiger partial charge in [0.15, 0.2) is 0 Å². The molecule has 2 aromatic carbocycles. The van der Waals surface area contributed by atoms with Crippen LogP contribution in [0.5, 0.6) is 0 Å². The van der Waals surface area contributed by atoms with E-state index >= 15 is 0 Å². The Morgan fingerprint density at radius 3 is 2.40 bits per heavy atom. The van der Waals surface area contributed by atoms with Crippen LogP contribution in [0.2, 0.25) is 0 Å². The van der Waals surface area contributed by atoms with Crippen LogP contribution in [0.1, 0.15) is 32.7 Å². The van der Waals surface area contributed by atoms with Crippen LogP contribution in [0.4, 0.5) is 10.1 Å². The van der Waals surface area contributed by atoms with Gasteiger partial charge in [-0.25, -0.2) is 4.39 Å². The Balaban J connectivity index is 2.19. The molecule has 5 nitrogen and oxygen atoms in total. The summed E-state index contributed by atoms with van der Waals surface area (Å²) in [5, 5.41) is 8.50. The van der Waals surface area contributed by atoms with E-state index in [1.54, 1.807) is 31.2 Å². The van der Waals surface area contributed by atoms with E-state index in [2.05, 4.69) is 16.0 Å². The van der Waals surface area contributed by atoms with Crippen molar-refractivity contribution in [3.05, 3.63) is 65.0 Å². The summed E-state index contributed by atoms with van der Waals surface area (Å²) < 4.78 is 13.8. The molecule has 0 heterocycles. The van der Waals surface area contributed by atoms with Gasteiger partial charge in [0.1, 0.15) is 5.82 Å². The number of anilines is 1. The maximum Gasteiger partial charge on any atom is 0.258 e. The number of carbonyl (C=O) groups is 2. The molecule has 0 aliphatic heterocycles. The van der Waals surface area contributed by atoms with Crippen molar-refractivity contribution < 1.29 is 14.0 Å². The third-order valence-electron chi connectivity index (χ3n) is 3.76. The molecule has 0 aliphatic rings. The Kier molecular flexibility index (Phi) is 6.65. The number of hydrogen-bond acceptors (Lipinski definition) is 3. The van der Waals surface area contributed by atoms with Crippen molar-refractivity contribution in [2.75, 3.05) is 25.5 Å². The second-order valence-electron chi connectivity index (χ2n) is 5.64. The predicted molar refractivity (Wildman–Crippen MR) is 96.4 cm³/mol. The van der Waals surface area contributed by atoms with Crippen molar-refractivity contribution in [2.45, 2.75) is 13.3 Å². The minimum atomic E-state index is -0.605. The molecule has 0 radical (unpaired) electrons. The van der Waals surface area contributed by atoms with Gasteiger partial charge in [-0.15, -0.1) is 0 Å². The number of nitrogens with one attached hydrogen (secondary N) is 3. The molecule has 2 aromatic rings. The molecule has 0 spiro atoms. The average molecular weight is 343 g/mol. The summed E-state index contributed by atoms with van der Waals surface area (Å²) in [4.78, 5) is 24.8. The molecule has 0 unspecified atom stereocenters. The first-order chi connectivity index (χ1) is 12.0. The minimum Gasteiger partial charge on any atom is -0.352 e. The molecule has 2 amide bonds. The van der Waals surface area contributed by atoms with Crippen molar-refractivity contribution in [1.82, 2.24) is 10.6 Å². The predicted octanol–water partition coefficient (Wildman–Crippen LogP) is 2.73. The van der Waals surface area contributed by atoms with Crippen LogP contribution in [0.15, 0.2) is 42.5 Å². The monoisotopic (exact) mass is 343 g/mol. The molecule has 0 atom stereocenters. The van der Waals surface area contributed by atoms with Gasteiger partial charge in [0.2, 0.25) is 0 Å². The minimum absolute atomic E-state index is 0.0638. The van der Waals surface area contributed by atoms with Crippen LogP contribution < -0.4 is 16.0 Å². The second-order valence-corrected chi connectivity index (χ2v) is 5.64. The maximum absolute atomic E-state index is 13.8. The zero-order chi connectivity index (χ0) is 18.2. The summed E-state index contributed by atoms with van der Waals surface area (Å²) in [5.74, 6) is -1.47. The topological polar surface area (TPSA) is 70.2 Å². The van der Waals surface area contributed by atoms with Gasteiger partial charge in [-0.3, -0.25) is 9.59 Å². The van der Waals surface area contributed by atoms with E-state index in [9.17, 15) is 14.0 Å². The fraction of sp³-hybridized carbons (Fsp3) is 0.263. The summed E-state index contributed by atoms with van der Waals surface area (Å²) in [7, 11) is 1.85. The lowest BCUT2D eigenvalue weighted by Gasteiger charge is -2.14. The van der Waals surface area contributed by atoms with Crippen LogP contribution >= 0.6 is 0 Å². The number of hydrogen-bond donors (Lipinski definition) is 3. The molecule has 0 bridgehead atoms. The van der Waals surface area contributed by atoms with Crippen molar-refractivity contribution in [2.24, 2.45) is 0 Å². The van der Waals surface area contributed by atoms with Crippen molar-refractivity contribution in [3.63, 3.8) is 0 Å². The SMILES string of the molecule is CNCCCNC(=O)c1cccc(C)c1NC(=O)c1ccccc1F. The number of aryl methyl sites for hydroxylation is 1. The third kappa shape index (κ3) is 4.87. The van der Waals surface area contributed by atoms with Gasteiger partial charge < -0.3 is 16.0 Å². The molecule has 2 rings (SSSR count). The highest BCUT2D eigenvalue weighted by atomic mass is 19.1. The van der Waals surface area contributed by atoms with Gasteiger partial charge >= 0.3 is 0 Å². The van der Waals surface area contributed by atoms with E-state index in [1.165, 1.54) is 18.2 Å². The highest BCUT2D eigenvalue weighted by Gasteiger charge is 2.17. The first-order valence-electron chi connectivity index (χ1n) is 8.13. The van der Waals surface area contributed by atoms with E-state index in [0.717, 1.165) is 18.5 Å². The van der Waals surface area contributed by atoms with Crippen LogP contribution in [-0.2, 0) is 0 Å². The average Bonchev–Trinajstić information content (AvgIpc) is 2.60. The second kappa shape index (κ2) is 8.94. The molecule has 0 aromatic heterocycles. The molecule has 6 heteroatoms. The molecule has 132 valence electrons. The van der Waals surface area contributed by atoms with Crippen LogP contribution in [0.3, 0.4) is 0 Å². The lowest BCUT2D eigenvalue weighted by Crippen LogP contribution is -2.28. The molecule has 0 saturated heterocycles. The summed E-state index contributed by atoms with van der Waals surface area (Å²) >= 11 is 0. The summed E-state index contributed by atoms with van der Waals surface area (Å²) in [5.41, 5.74) is 1.41. The normalized spacial score (nSPS) is 10.4. The van der Waals surface area contributed by atoms with Gasteiger partial charge in [-0.05, 0) is 50.7 Å². The Morgan fingerprint density at radius 2 is 1.68 bits per heavy atom. The smallest absolute Gasteiger partial charge is 0.258 e. The van der Waals surface area contributed by atoms with Gasteiger partial charge in [0.05, 0.1) is 16.8 Å². The molecule has 0 saturated carbocycles. The number of amides is 2. The fourth-order valence-corrected chi connectivity index (χ4v) is 2.41. The van der Waals surface area contributed by atoms with Crippen LogP contribution in [-0.4, -0.2) is 32.0 Å². The summed E-state index contributed by atoms with van der Waals surface area (Å²) in [6.07, 6.45) is 0.797. The Morgan fingerprint density at radius 1 is 0.960 bits per heavy atom. The molecule has 0 aliphatic carbocycles. The van der Waals surface area contributed by atoms with Crippen molar-refractivity contribution >= 4 is 17.5 Å². The summed E-state index contributed by atoms with van der Waals surface area (Å²) in [6, 6.07) is 10.9. The lowest BCUT2D eigenvalue weighted by molar-refractivity contribution is 0.0954. The quantitative estimate of drug-likeness (QED) is 0.677. The van der Waals surface area contributed by atoms with Crippen LogP contribution in [0, 0.1) is 12.7 Å². The Labute approximate surface area is 146 Å². The fourth-order valence-electron chi connectivity index (χ4n) is 2.41. The largest absolute Gasteiger partial charge is 0.352 e. The lowest BCUT2D eigenvalue weighted by atomic mass is 10.1. The Bertz CT molecular complexity index is 762. The molecular weight excluding hydrogens is 321 g/mol. The molecule has 3 N–H and O–H groups in total. The molecule has 0 fully saturated rings. The van der Waals surface area contributed by atoms with Crippen molar-refractivity contribution in [3.8, 4) is 0 Å². The van der Waals surface area contributed by atoms with E-state index < -0.39 is 11.7 Å². The number of halogens is 1. The van der Waals surface area contributed by atoms with E-state index in [0.29, 0.717) is 17.8 Å². The van der Waals surface area contributed by atoms with E-state index in [4.69, 9.17) is 0 Å². The molecular formula is C19H22FN3O2. The van der Waals surface area contributed by atoms with Gasteiger partial charge in [0.25, 0.3) is 11.8 Å². The first kappa shape index (κ1) is 18.6. The van der Waals surface area contributed by atoms with Crippen LogP contribution in [0.25, 0.3) is 0 Å². The van der Waals surface area contributed by atoms with Crippen molar-refractivity contribution in [1.29, 1.82) is 0 Å². The highest BCUT2D eigenvalue weighted by Crippen LogP contribution is 2.22. The van der Waals surface area contributed by atoms with Gasteiger partial charge in [-0.2, -0.15) is 0 Å². The number of benzene rings is 2. The first-order valence-corrected chi connectivity index (χ1v) is 8.13. The van der Waals surface area contributed by atoms with Gasteiger partial charge in [0, 0.05) is 6.54 Å². The number of carbonyl (C=O) groups excluding carboxylic acids is 2. The summed E-state index contributed by atoms with van der Waals surface area (Å²) in [6.45, 7) is 3.11. The standard InChI is InChI=1S/C19H22FN3O2/c1-13-7-5-9-15(18(24)22-12-6-11-21-2)17(13)23-19(25)14-8-3-4-10-16(14)20/h3-5,7-10,21H,6,11-12H2,1-2H3,(H,22,24)(H,23,25). The Hall–Kier alpha value is -2.73. The third-order valence-corrected chi connectivity index (χ3v) is 3.76. The van der Waals surface area contributed by atoms with E-state index in [1.807, 2.05) is 7.05 Å². The van der Waals surface area contributed by atoms with Gasteiger partial charge in [-0.1, -0.05) is 24.3 Å².